The van der Waals surface area contributed by atoms with Crippen LogP contribution in [-0.4, -0.2) is 19.6 Å². The number of hydrogen-bond acceptors (Lipinski definition) is 2. The average Bonchev–Trinajstić information content (AvgIpc) is 2.29. The van der Waals surface area contributed by atoms with Crippen LogP contribution in [0.3, 0.4) is 0 Å². The van der Waals surface area contributed by atoms with Crippen LogP contribution in [0.2, 0.25) is 0 Å². The van der Waals surface area contributed by atoms with Crippen molar-refractivity contribution in [3.63, 3.8) is 0 Å². The third-order valence-electron chi connectivity index (χ3n) is 3.04. The summed E-state index contributed by atoms with van der Waals surface area (Å²) in [6, 6.07) is 7.68. The molecule has 1 aliphatic heterocycles. The van der Waals surface area contributed by atoms with Gasteiger partial charge in [-0.2, -0.15) is 0 Å². The van der Waals surface area contributed by atoms with Gasteiger partial charge in [-0.15, -0.1) is 0 Å². The lowest BCUT2D eigenvalue weighted by Crippen LogP contribution is -2.36. The molecule has 2 rings (SSSR count). The Morgan fingerprint density at radius 2 is 2.20 bits per heavy atom. The van der Waals surface area contributed by atoms with E-state index < -0.39 is 0 Å². The fourth-order valence-electron chi connectivity index (χ4n) is 2.02. The van der Waals surface area contributed by atoms with Gasteiger partial charge in [-0.1, -0.05) is 0 Å². The Hall–Kier alpha value is -1.09. The lowest BCUT2D eigenvalue weighted by molar-refractivity contribution is 0.414. The minimum absolute atomic E-state index is 0.190. The summed E-state index contributed by atoms with van der Waals surface area (Å²) < 4.78 is 13.0. The Morgan fingerprint density at radius 3 is 2.80 bits per heavy atom. The van der Waals surface area contributed by atoms with Crippen molar-refractivity contribution in [2.75, 3.05) is 24.5 Å². The predicted molar refractivity (Wildman–Crippen MR) is 59.2 cm³/mol. The van der Waals surface area contributed by atoms with Crippen LogP contribution in [0, 0.1) is 17.8 Å². The number of rotatable bonds is 2. The van der Waals surface area contributed by atoms with Crippen molar-refractivity contribution in [2.24, 2.45) is 11.7 Å². The van der Waals surface area contributed by atoms with Gasteiger partial charge in [-0.05, 0) is 43.5 Å². The molecule has 15 heavy (non-hydrogen) atoms. The first-order chi connectivity index (χ1) is 7.29. The van der Waals surface area contributed by atoms with Gasteiger partial charge in [0, 0.05) is 24.8 Å². The van der Waals surface area contributed by atoms with E-state index >= 15 is 0 Å². The van der Waals surface area contributed by atoms with E-state index in [2.05, 4.69) is 11.0 Å². The molecular weight excluding hydrogens is 191 g/mol. The van der Waals surface area contributed by atoms with E-state index in [9.17, 15) is 4.39 Å². The quantitative estimate of drug-likeness (QED) is 0.801. The maximum Gasteiger partial charge on any atom is 0.125 e. The Balaban J connectivity index is 2.01. The molecule has 0 amide bonds. The largest absolute Gasteiger partial charge is 0.371 e. The lowest BCUT2D eigenvalue weighted by Gasteiger charge is -2.32. The molecule has 0 spiro atoms. The summed E-state index contributed by atoms with van der Waals surface area (Å²) in [5.41, 5.74) is 6.49. The van der Waals surface area contributed by atoms with Crippen LogP contribution in [0.15, 0.2) is 18.2 Å². The number of nitrogens with two attached hydrogens (primary N) is 1. The molecule has 0 unspecified atom stereocenters. The van der Waals surface area contributed by atoms with Crippen LogP contribution < -0.4 is 10.6 Å². The van der Waals surface area contributed by atoms with Gasteiger partial charge < -0.3 is 10.6 Å². The minimum Gasteiger partial charge on any atom is -0.371 e. The molecule has 1 aromatic rings. The Labute approximate surface area is 89.9 Å². The summed E-state index contributed by atoms with van der Waals surface area (Å²) in [5, 5.41) is 0. The van der Waals surface area contributed by atoms with Crippen LogP contribution in [0.5, 0.6) is 0 Å². The maximum atomic E-state index is 13.0. The molecule has 0 saturated carbocycles. The van der Waals surface area contributed by atoms with Crippen molar-refractivity contribution in [3.8, 4) is 0 Å². The molecule has 1 aromatic carbocycles. The number of benzene rings is 1. The van der Waals surface area contributed by atoms with Crippen LogP contribution in [0.4, 0.5) is 10.1 Å². The normalized spacial score (nSPS) is 18.1. The molecule has 0 atom stereocenters. The highest BCUT2D eigenvalue weighted by Gasteiger charge is 2.18. The zero-order chi connectivity index (χ0) is 10.7. The highest BCUT2D eigenvalue weighted by molar-refractivity contribution is 5.45. The van der Waals surface area contributed by atoms with E-state index in [4.69, 9.17) is 5.73 Å². The van der Waals surface area contributed by atoms with E-state index in [1.807, 2.05) is 0 Å². The third-order valence-corrected chi connectivity index (χ3v) is 3.04. The highest BCUT2D eigenvalue weighted by atomic mass is 19.1. The van der Waals surface area contributed by atoms with E-state index in [0.29, 0.717) is 5.92 Å². The lowest BCUT2D eigenvalue weighted by atomic mass is 9.97. The molecule has 1 heterocycles. The van der Waals surface area contributed by atoms with Crippen molar-refractivity contribution in [1.29, 1.82) is 0 Å². The topological polar surface area (TPSA) is 29.3 Å². The van der Waals surface area contributed by atoms with Crippen molar-refractivity contribution < 1.29 is 4.39 Å². The van der Waals surface area contributed by atoms with Gasteiger partial charge in [0.05, 0.1) is 0 Å². The standard InChI is InChI=1S/C12H16FN2/c13-11-2-1-3-12(8-11)15-6-4-10(9-14)5-7-15/h1-2,8,10H,4-7,9,14H2. The Bertz CT molecular complexity index is 319. The Morgan fingerprint density at radius 1 is 1.47 bits per heavy atom. The van der Waals surface area contributed by atoms with E-state index in [-0.39, 0.29) is 5.82 Å². The highest BCUT2D eigenvalue weighted by Crippen LogP contribution is 2.22. The van der Waals surface area contributed by atoms with Crippen molar-refractivity contribution in [3.05, 3.63) is 30.1 Å². The van der Waals surface area contributed by atoms with E-state index in [1.165, 1.54) is 6.07 Å². The van der Waals surface area contributed by atoms with E-state index in [1.54, 1.807) is 12.1 Å². The zero-order valence-corrected chi connectivity index (χ0v) is 8.75. The summed E-state index contributed by atoms with van der Waals surface area (Å²) in [6.07, 6.45) is 2.20. The molecule has 0 aliphatic carbocycles. The molecule has 0 bridgehead atoms. The third kappa shape index (κ3) is 2.48. The summed E-state index contributed by atoms with van der Waals surface area (Å²) >= 11 is 0. The van der Waals surface area contributed by atoms with Crippen LogP contribution in [0.1, 0.15) is 12.8 Å². The first-order valence-corrected chi connectivity index (χ1v) is 5.42. The molecule has 1 radical (unpaired) electrons. The predicted octanol–water partition coefficient (Wildman–Crippen LogP) is 1.80. The molecule has 1 saturated heterocycles. The van der Waals surface area contributed by atoms with Crippen LogP contribution in [0.25, 0.3) is 0 Å². The molecule has 0 aromatic heterocycles. The van der Waals surface area contributed by atoms with Gasteiger partial charge in [-0.3, -0.25) is 0 Å². The minimum atomic E-state index is -0.190. The second-order valence-electron chi connectivity index (χ2n) is 4.06. The fourth-order valence-corrected chi connectivity index (χ4v) is 2.02. The van der Waals surface area contributed by atoms with Crippen LogP contribution >= 0.6 is 0 Å². The number of hydrogen-bond donors (Lipinski definition) is 1. The fraction of sp³-hybridized carbons (Fsp3) is 0.500. The van der Waals surface area contributed by atoms with Crippen molar-refractivity contribution >= 4 is 5.69 Å². The SMILES string of the molecule is NCC1CCN(c2[c]ccc(F)c2)CC1. The second-order valence-corrected chi connectivity index (χ2v) is 4.06. The molecule has 3 heteroatoms. The van der Waals surface area contributed by atoms with Gasteiger partial charge in [0.15, 0.2) is 0 Å². The van der Waals surface area contributed by atoms with Crippen molar-refractivity contribution in [2.45, 2.75) is 12.8 Å². The van der Waals surface area contributed by atoms with Gasteiger partial charge in [0.2, 0.25) is 0 Å². The molecule has 1 fully saturated rings. The van der Waals surface area contributed by atoms with Gasteiger partial charge in [0.1, 0.15) is 5.82 Å². The average molecular weight is 207 g/mol. The van der Waals surface area contributed by atoms with Gasteiger partial charge in [0.25, 0.3) is 0 Å². The maximum absolute atomic E-state index is 13.0. The zero-order valence-electron chi connectivity index (χ0n) is 8.75. The van der Waals surface area contributed by atoms with Crippen molar-refractivity contribution in [1.82, 2.24) is 0 Å². The number of halogens is 1. The smallest absolute Gasteiger partial charge is 0.125 e. The Kier molecular flexibility index (Phi) is 3.21. The summed E-state index contributed by atoms with van der Waals surface area (Å²) in [6.45, 7) is 2.68. The van der Waals surface area contributed by atoms with Gasteiger partial charge >= 0.3 is 0 Å². The summed E-state index contributed by atoms with van der Waals surface area (Å²) in [5.74, 6) is 0.444. The summed E-state index contributed by atoms with van der Waals surface area (Å²) in [4.78, 5) is 2.18. The number of anilines is 1. The number of nitrogens with zero attached hydrogens (tertiary/aromatic N) is 1. The summed E-state index contributed by atoms with van der Waals surface area (Å²) in [7, 11) is 0. The monoisotopic (exact) mass is 207 g/mol. The van der Waals surface area contributed by atoms with Gasteiger partial charge in [-0.25, -0.2) is 4.39 Å². The second kappa shape index (κ2) is 4.62. The molecule has 1 aliphatic rings. The molecule has 81 valence electrons. The number of piperidine rings is 1. The molecule has 2 N–H and O–H groups in total. The van der Waals surface area contributed by atoms with E-state index in [0.717, 1.165) is 38.2 Å². The first kappa shape index (κ1) is 10.4. The van der Waals surface area contributed by atoms with Crippen LogP contribution in [-0.2, 0) is 0 Å². The first-order valence-electron chi connectivity index (χ1n) is 5.42. The molecular formula is C12H16FN2. The molecule has 2 nitrogen and oxygen atoms in total.